The normalized spacial score (nSPS) is 20.7. The molecule has 2 saturated heterocycles. The molecule has 0 spiro atoms. The van der Waals surface area contributed by atoms with Crippen molar-refractivity contribution in [3.63, 3.8) is 0 Å². The van der Waals surface area contributed by atoms with Gasteiger partial charge in [-0.2, -0.15) is 4.98 Å². The summed E-state index contributed by atoms with van der Waals surface area (Å²) in [6.45, 7) is 6.35. The molecular formula is C26H36FN7O3S. The van der Waals surface area contributed by atoms with Gasteiger partial charge in [-0.3, -0.25) is 0 Å². The molecule has 0 unspecified atom stereocenters. The van der Waals surface area contributed by atoms with E-state index in [1.807, 2.05) is 17.2 Å². The molecule has 0 saturated carbocycles. The second-order valence-electron chi connectivity index (χ2n) is 10.6. The molecular weight excluding hydrogens is 509 g/mol. The lowest BCUT2D eigenvalue weighted by atomic mass is 9.97. The molecule has 3 aromatic rings. The average Bonchev–Trinajstić information content (AvgIpc) is 2.85. The summed E-state index contributed by atoms with van der Waals surface area (Å²) in [5, 5.41) is 5.24. The van der Waals surface area contributed by atoms with Crippen LogP contribution in [0.5, 0.6) is 0 Å². The van der Waals surface area contributed by atoms with Crippen LogP contribution in [0.2, 0.25) is 0 Å². The number of piperidine rings is 1. The second-order valence-corrected chi connectivity index (χ2v) is 12.7. The van der Waals surface area contributed by atoms with Crippen molar-refractivity contribution in [3.05, 3.63) is 36.3 Å². The van der Waals surface area contributed by atoms with Crippen molar-refractivity contribution in [2.45, 2.75) is 38.5 Å². The maximum atomic E-state index is 14.4. The van der Waals surface area contributed by atoms with E-state index in [-0.39, 0.29) is 25.6 Å². The van der Waals surface area contributed by atoms with Crippen LogP contribution in [0.3, 0.4) is 0 Å². The van der Waals surface area contributed by atoms with E-state index in [0.29, 0.717) is 43.6 Å². The summed E-state index contributed by atoms with van der Waals surface area (Å²) in [6, 6.07) is 3.75. The van der Waals surface area contributed by atoms with E-state index in [1.54, 1.807) is 18.5 Å². The van der Waals surface area contributed by atoms with Crippen LogP contribution in [-0.2, 0) is 14.6 Å². The minimum atomic E-state index is -3.01. The Morgan fingerprint density at radius 3 is 2.61 bits per heavy atom. The Morgan fingerprint density at radius 2 is 1.92 bits per heavy atom. The summed E-state index contributed by atoms with van der Waals surface area (Å²) >= 11 is 0. The lowest BCUT2D eigenvalue weighted by molar-refractivity contribution is 0.0194. The first-order valence-electron chi connectivity index (χ1n) is 12.8. The summed E-state index contributed by atoms with van der Waals surface area (Å²) in [5.74, 6) is 3.02. The molecule has 10 nitrogen and oxygen atoms in total. The van der Waals surface area contributed by atoms with Crippen LogP contribution in [0.4, 0.5) is 27.8 Å². The average molecular weight is 546 g/mol. The van der Waals surface area contributed by atoms with Gasteiger partial charge in [-0.05, 0) is 35.4 Å². The fourth-order valence-corrected chi connectivity index (χ4v) is 6.30. The zero-order valence-corrected chi connectivity index (χ0v) is 22.9. The molecule has 0 aromatic carbocycles. The van der Waals surface area contributed by atoms with E-state index in [9.17, 15) is 12.8 Å². The van der Waals surface area contributed by atoms with Gasteiger partial charge in [0.25, 0.3) is 0 Å². The maximum Gasteiger partial charge on any atom is 0.227 e. The van der Waals surface area contributed by atoms with Gasteiger partial charge in [-0.1, -0.05) is 13.8 Å². The molecule has 5 heterocycles. The number of sulfone groups is 1. The van der Waals surface area contributed by atoms with Crippen molar-refractivity contribution in [1.82, 2.24) is 19.9 Å². The number of pyridine rings is 2. The van der Waals surface area contributed by atoms with E-state index in [4.69, 9.17) is 9.72 Å². The molecule has 2 atom stereocenters. The summed E-state index contributed by atoms with van der Waals surface area (Å²) in [4.78, 5) is 22.3. The molecule has 2 fully saturated rings. The number of fused-ring (bicyclic) bond motifs is 1. The zero-order chi connectivity index (χ0) is 27.0. The standard InChI is InChI=1S/C26H34FN7O3S.H2/c1-16(2)19-10-30-25(34-12-17(13-34)15-38(4,35)36)20-11-29-24(9-18(19)20)31-23-5-7-28-26(32-23)33-8-6-22(37-3)21(27)14-33;/h5,7,9-11,16-17,21-22H,6,8,12-15H2,1-4H3,(H,28,29,31,32);1H/t21-,22+;/m0./s1. The van der Waals surface area contributed by atoms with Gasteiger partial charge in [-0.15, -0.1) is 0 Å². The van der Waals surface area contributed by atoms with Crippen molar-refractivity contribution in [2.75, 3.05) is 60.4 Å². The number of hydrogen-bond acceptors (Lipinski definition) is 10. The van der Waals surface area contributed by atoms with Gasteiger partial charge < -0.3 is 19.9 Å². The molecule has 0 radical (unpaired) electrons. The smallest absolute Gasteiger partial charge is 0.227 e. The minimum absolute atomic E-state index is 0. The van der Waals surface area contributed by atoms with Crippen LogP contribution in [0.1, 0.15) is 33.2 Å². The van der Waals surface area contributed by atoms with Crippen LogP contribution in [-0.4, -0.2) is 85.9 Å². The monoisotopic (exact) mass is 545 g/mol. The second kappa shape index (κ2) is 10.6. The maximum absolute atomic E-state index is 14.4. The van der Waals surface area contributed by atoms with Crippen LogP contribution < -0.4 is 15.1 Å². The quantitative estimate of drug-likeness (QED) is 0.451. The van der Waals surface area contributed by atoms with E-state index in [1.165, 1.54) is 13.4 Å². The number of halogens is 1. The summed E-state index contributed by atoms with van der Waals surface area (Å²) in [6.07, 6.45) is 5.72. The van der Waals surface area contributed by atoms with Crippen LogP contribution in [0.25, 0.3) is 10.8 Å². The molecule has 12 heteroatoms. The Balaban J connectivity index is 0.00000353. The van der Waals surface area contributed by atoms with Gasteiger partial charge in [0.2, 0.25) is 5.95 Å². The predicted molar refractivity (Wildman–Crippen MR) is 149 cm³/mol. The van der Waals surface area contributed by atoms with Gasteiger partial charge in [0.1, 0.15) is 33.5 Å². The van der Waals surface area contributed by atoms with E-state index in [2.05, 4.69) is 39.0 Å². The highest BCUT2D eigenvalue weighted by Gasteiger charge is 2.32. The van der Waals surface area contributed by atoms with Gasteiger partial charge >= 0.3 is 0 Å². The number of nitrogens with zero attached hydrogens (tertiary/aromatic N) is 6. The third kappa shape index (κ3) is 5.65. The highest BCUT2D eigenvalue weighted by molar-refractivity contribution is 7.90. The number of anilines is 4. The first kappa shape index (κ1) is 26.5. The van der Waals surface area contributed by atoms with E-state index < -0.39 is 22.1 Å². The number of alkyl halides is 1. The molecule has 0 amide bonds. The summed E-state index contributed by atoms with van der Waals surface area (Å²) < 4.78 is 43.0. The fourth-order valence-electron chi connectivity index (χ4n) is 5.23. The Bertz CT molecular complexity index is 1420. The van der Waals surface area contributed by atoms with E-state index in [0.717, 1.165) is 22.2 Å². The number of rotatable bonds is 8. The van der Waals surface area contributed by atoms with Crippen molar-refractivity contribution in [1.29, 1.82) is 0 Å². The number of methoxy groups -OCH3 is 1. The molecule has 0 bridgehead atoms. The Hall–Kier alpha value is -3.12. The first-order chi connectivity index (χ1) is 18.1. The number of aromatic nitrogens is 4. The first-order valence-corrected chi connectivity index (χ1v) is 14.9. The van der Waals surface area contributed by atoms with Crippen molar-refractivity contribution < 1.29 is 19.0 Å². The van der Waals surface area contributed by atoms with E-state index >= 15 is 0 Å². The number of hydrogen-bond donors (Lipinski definition) is 1. The lowest BCUT2D eigenvalue weighted by Crippen LogP contribution is -2.50. The molecule has 206 valence electrons. The molecule has 5 rings (SSSR count). The van der Waals surface area contributed by atoms with Gasteiger partial charge in [0, 0.05) is 64.3 Å². The van der Waals surface area contributed by atoms with Gasteiger partial charge in [0.05, 0.1) is 18.4 Å². The zero-order valence-electron chi connectivity index (χ0n) is 22.1. The van der Waals surface area contributed by atoms with Crippen molar-refractivity contribution >= 4 is 44.0 Å². The van der Waals surface area contributed by atoms with Gasteiger partial charge in [-0.25, -0.2) is 27.8 Å². The Morgan fingerprint density at radius 1 is 1.13 bits per heavy atom. The minimum Gasteiger partial charge on any atom is -0.378 e. The fraction of sp³-hybridized carbons (Fsp3) is 0.538. The topological polar surface area (TPSA) is 113 Å². The molecule has 1 N–H and O–H groups in total. The largest absolute Gasteiger partial charge is 0.378 e. The van der Waals surface area contributed by atoms with Crippen LogP contribution in [0.15, 0.2) is 30.7 Å². The Labute approximate surface area is 224 Å². The van der Waals surface area contributed by atoms with Crippen molar-refractivity contribution in [3.8, 4) is 0 Å². The van der Waals surface area contributed by atoms with Crippen molar-refractivity contribution in [2.24, 2.45) is 5.92 Å². The molecule has 3 aromatic heterocycles. The number of ether oxygens (including phenoxy) is 1. The summed E-state index contributed by atoms with van der Waals surface area (Å²) in [7, 11) is -1.47. The third-order valence-electron chi connectivity index (χ3n) is 7.17. The predicted octanol–water partition coefficient (Wildman–Crippen LogP) is 3.58. The molecule has 38 heavy (non-hydrogen) atoms. The Kier molecular flexibility index (Phi) is 7.36. The summed E-state index contributed by atoms with van der Waals surface area (Å²) in [5.41, 5.74) is 1.10. The highest BCUT2D eigenvalue weighted by Crippen LogP contribution is 2.35. The molecule has 0 aliphatic carbocycles. The van der Waals surface area contributed by atoms with Gasteiger partial charge in [0.15, 0.2) is 0 Å². The molecule has 2 aliphatic rings. The van der Waals surface area contributed by atoms with Crippen LogP contribution in [0, 0.1) is 5.92 Å². The van der Waals surface area contributed by atoms with Crippen LogP contribution >= 0.6 is 0 Å². The number of nitrogens with one attached hydrogen (secondary N) is 1. The molecule has 2 aliphatic heterocycles. The third-order valence-corrected chi connectivity index (χ3v) is 8.24. The SMILES string of the molecule is CO[C@@H]1CCN(c2nccc(Nc3cc4c(C(C)C)cnc(N5CC(CS(C)(=O)=O)C5)c4cn3)n2)C[C@@H]1F.[HH]. The highest BCUT2D eigenvalue weighted by atomic mass is 32.2. The lowest BCUT2D eigenvalue weighted by Gasteiger charge is -2.40.